The molecule has 0 radical (unpaired) electrons. The van der Waals surface area contributed by atoms with Crippen molar-refractivity contribution in [3.05, 3.63) is 53.9 Å². The van der Waals surface area contributed by atoms with Crippen LogP contribution in [0.1, 0.15) is 16.2 Å². The standard InChI is InChI=1S/C18H15N3O4/c1-11-20-21-18(25-11)13-4-2-12(3-5-13)17(22)19-14-6-7-15-16(10-14)24-9-8-23-15/h2-7,10H,8-9H2,1H3,(H,19,22). The first-order valence-electron chi connectivity index (χ1n) is 7.80. The molecule has 4 rings (SSSR count). The van der Waals surface area contributed by atoms with Gasteiger partial charge in [0.15, 0.2) is 11.5 Å². The highest BCUT2D eigenvalue weighted by Gasteiger charge is 2.14. The number of hydrogen-bond donors (Lipinski definition) is 1. The predicted octanol–water partition coefficient (Wildman–Crippen LogP) is 3.07. The van der Waals surface area contributed by atoms with E-state index in [1.165, 1.54) is 0 Å². The molecular formula is C18H15N3O4. The van der Waals surface area contributed by atoms with Gasteiger partial charge in [-0.15, -0.1) is 10.2 Å². The van der Waals surface area contributed by atoms with Crippen molar-refractivity contribution in [2.75, 3.05) is 18.5 Å². The molecule has 0 saturated heterocycles. The quantitative estimate of drug-likeness (QED) is 0.790. The molecule has 1 aliphatic rings. The Hall–Kier alpha value is -3.35. The van der Waals surface area contributed by atoms with E-state index in [0.29, 0.717) is 47.7 Å². The molecule has 0 unspecified atom stereocenters. The van der Waals surface area contributed by atoms with Crippen LogP contribution in [0.2, 0.25) is 0 Å². The number of ether oxygens (including phenoxy) is 2. The van der Waals surface area contributed by atoms with Crippen molar-refractivity contribution < 1.29 is 18.7 Å². The summed E-state index contributed by atoms with van der Waals surface area (Å²) in [7, 11) is 0. The van der Waals surface area contributed by atoms with Gasteiger partial charge in [-0.25, -0.2) is 0 Å². The number of amides is 1. The number of nitrogens with one attached hydrogen (secondary N) is 1. The van der Waals surface area contributed by atoms with Gasteiger partial charge in [0.05, 0.1) is 0 Å². The van der Waals surface area contributed by atoms with E-state index in [0.717, 1.165) is 5.56 Å². The van der Waals surface area contributed by atoms with Gasteiger partial charge >= 0.3 is 0 Å². The van der Waals surface area contributed by atoms with Crippen LogP contribution < -0.4 is 14.8 Å². The van der Waals surface area contributed by atoms with Gasteiger partial charge in [0.2, 0.25) is 11.8 Å². The Bertz CT molecular complexity index is 918. The molecule has 1 aliphatic heterocycles. The number of benzene rings is 2. The second-order valence-corrected chi connectivity index (χ2v) is 5.52. The summed E-state index contributed by atoms with van der Waals surface area (Å²) in [5, 5.41) is 10.6. The fraction of sp³-hybridized carbons (Fsp3) is 0.167. The third kappa shape index (κ3) is 3.16. The molecule has 1 amide bonds. The second kappa shape index (κ2) is 6.27. The zero-order valence-electron chi connectivity index (χ0n) is 13.5. The number of aromatic nitrogens is 2. The van der Waals surface area contributed by atoms with Crippen LogP contribution in [0, 0.1) is 6.92 Å². The highest BCUT2D eigenvalue weighted by molar-refractivity contribution is 6.04. The Labute approximate surface area is 143 Å². The van der Waals surface area contributed by atoms with Crippen molar-refractivity contribution in [1.29, 1.82) is 0 Å². The predicted molar refractivity (Wildman–Crippen MR) is 89.9 cm³/mol. The van der Waals surface area contributed by atoms with Crippen LogP contribution >= 0.6 is 0 Å². The van der Waals surface area contributed by atoms with Crippen molar-refractivity contribution >= 4 is 11.6 Å². The maximum absolute atomic E-state index is 12.4. The lowest BCUT2D eigenvalue weighted by molar-refractivity contribution is 0.102. The third-order valence-corrected chi connectivity index (χ3v) is 3.72. The van der Waals surface area contributed by atoms with Gasteiger partial charge in [-0.3, -0.25) is 4.79 Å². The van der Waals surface area contributed by atoms with E-state index < -0.39 is 0 Å². The van der Waals surface area contributed by atoms with E-state index in [1.54, 1.807) is 49.4 Å². The first-order chi connectivity index (χ1) is 12.2. The molecule has 0 saturated carbocycles. The molecule has 2 heterocycles. The number of carbonyl (C=O) groups is 1. The summed E-state index contributed by atoms with van der Waals surface area (Å²) < 4.78 is 16.4. The van der Waals surface area contributed by atoms with Crippen LogP contribution in [0.4, 0.5) is 5.69 Å². The van der Waals surface area contributed by atoms with E-state index >= 15 is 0 Å². The number of aryl methyl sites for hydroxylation is 1. The zero-order valence-corrected chi connectivity index (χ0v) is 13.5. The van der Waals surface area contributed by atoms with Crippen LogP contribution in [-0.2, 0) is 0 Å². The summed E-state index contributed by atoms with van der Waals surface area (Å²) in [5.41, 5.74) is 1.93. The molecule has 3 aromatic rings. The molecule has 2 aromatic carbocycles. The number of nitrogens with zero attached hydrogens (tertiary/aromatic N) is 2. The van der Waals surface area contributed by atoms with E-state index in [1.807, 2.05) is 0 Å². The number of anilines is 1. The molecule has 0 fully saturated rings. The minimum Gasteiger partial charge on any atom is -0.486 e. The molecule has 25 heavy (non-hydrogen) atoms. The van der Waals surface area contributed by atoms with Crippen molar-refractivity contribution in [2.45, 2.75) is 6.92 Å². The smallest absolute Gasteiger partial charge is 0.255 e. The lowest BCUT2D eigenvalue weighted by Gasteiger charge is -2.19. The van der Waals surface area contributed by atoms with Crippen molar-refractivity contribution in [2.24, 2.45) is 0 Å². The highest BCUT2D eigenvalue weighted by atomic mass is 16.6. The Morgan fingerprint density at radius 1 is 1.00 bits per heavy atom. The van der Waals surface area contributed by atoms with Crippen molar-refractivity contribution in [1.82, 2.24) is 10.2 Å². The number of rotatable bonds is 3. The van der Waals surface area contributed by atoms with Gasteiger partial charge in [0.1, 0.15) is 13.2 Å². The summed E-state index contributed by atoms with van der Waals surface area (Å²) in [6.45, 7) is 2.76. The number of carbonyl (C=O) groups excluding carboxylic acids is 1. The summed E-state index contributed by atoms with van der Waals surface area (Å²) in [4.78, 5) is 12.4. The van der Waals surface area contributed by atoms with Gasteiger partial charge in [0.25, 0.3) is 5.91 Å². The molecule has 0 bridgehead atoms. The minimum atomic E-state index is -0.218. The average Bonchev–Trinajstić information content (AvgIpc) is 3.08. The second-order valence-electron chi connectivity index (χ2n) is 5.52. The fourth-order valence-corrected chi connectivity index (χ4v) is 2.50. The number of hydrogen-bond acceptors (Lipinski definition) is 6. The van der Waals surface area contributed by atoms with Gasteiger partial charge < -0.3 is 19.2 Å². The summed E-state index contributed by atoms with van der Waals surface area (Å²) in [6, 6.07) is 12.3. The normalized spacial score (nSPS) is 12.7. The largest absolute Gasteiger partial charge is 0.486 e. The van der Waals surface area contributed by atoms with Crippen molar-refractivity contribution in [3.63, 3.8) is 0 Å². The molecule has 1 aromatic heterocycles. The monoisotopic (exact) mass is 337 g/mol. The molecule has 126 valence electrons. The summed E-state index contributed by atoms with van der Waals surface area (Å²) in [6.07, 6.45) is 0. The first kappa shape index (κ1) is 15.2. The highest BCUT2D eigenvalue weighted by Crippen LogP contribution is 2.32. The maximum Gasteiger partial charge on any atom is 0.255 e. The molecular weight excluding hydrogens is 322 g/mol. The van der Waals surface area contributed by atoms with E-state index in [-0.39, 0.29) is 5.91 Å². The molecule has 0 spiro atoms. The molecule has 1 N–H and O–H groups in total. The van der Waals surface area contributed by atoms with Crippen LogP contribution in [-0.4, -0.2) is 29.3 Å². The fourth-order valence-electron chi connectivity index (χ4n) is 2.50. The van der Waals surface area contributed by atoms with E-state index in [4.69, 9.17) is 13.9 Å². The van der Waals surface area contributed by atoms with Gasteiger partial charge in [-0.1, -0.05) is 0 Å². The Morgan fingerprint density at radius 3 is 2.48 bits per heavy atom. The summed E-state index contributed by atoms with van der Waals surface area (Å²) in [5.74, 6) is 2.02. The lowest BCUT2D eigenvalue weighted by Crippen LogP contribution is -2.16. The van der Waals surface area contributed by atoms with Gasteiger partial charge in [-0.2, -0.15) is 0 Å². The Kier molecular flexibility index (Phi) is 3.81. The van der Waals surface area contributed by atoms with Crippen LogP contribution in [0.5, 0.6) is 11.5 Å². The van der Waals surface area contributed by atoms with Crippen LogP contribution in [0.15, 0.2) is 46.9 Å². The molecule has 7 nitrogen and oxygen atoms in total. The summed E-state index contributed by atoms with van der Waals surface area (Å²) >= 11 is 0. The molecule has 0 aliphatic carbocycles. The SMILES string of the molecule is Cc1nnc(-c2ccc(C(=O)Nc3ccc4c(c3)OCCO4)cc2)o1. The van der Waals surface area contributed by atoms with Crippen LogP contribution in [0.3, 0.4) is 0 Å². The minimum absolute atomic E-state index is 0.218. The first-order valence-corrected chi connectivity index (χ1v) is 7.80. The van der Waals surface area contributed by atoms with Gasteiger partial charge in [-0.05, 0) is 36.4 Å². The molecule has 7 heteroatoms. The maximum atomic E-state index is 12.4. The lowest BCUT2D eigenvalue weighted by atomic mass is 10.1. The van der Waals surface area contributed by atoms with E-state index in [9.17, 15) is 4.79 Å². The average molecular weight is 337 g/mol. The Balaban J connectivity index is 1.49. The van der Waals surface area contributed by atoms with E-state index in [2.05, 4.69) is 15.5 Å². The third-order valence-electron chi connectivity index (χ3n) is 3.72. The van der Waals surface area contributed by atoms with Crippen LogP contribution in [0.25, 0.3) is 11.5 Å². The topological polar surface area (TPSA) is 86.5 Å². The zero-order chi connectivity index (χ0) is 17.2. The van der Waals surface area contributed by atoms with Crippen molar-refractivity contribution in [3.8, 4) is 23.0 Å². The Morgan fingerprint density at radius 2 is 1.76 bits per heavy atom. The van der Waals surface area contributed by atoms with Gasteiger partial charge in [0, 0.05) is 29.8 Å². The molecule has 0 atom stereocenters. The number of fused-ring (bicyclic) bond motifs is 1.